The molecule has 1 heterocycles. The summed E-state index contributed by atoms with van der Waals surface area (Å²) in [5.74, 6) is 1.15. The fourth-order valence-corrected chi connectivity index (χ4v) is 3.45. The van der Waals surface area contributed by atoms with Crippen molar-refractivity contribution < 1.29 is 0 Å². The Hall–Kier alpha value is -2.92. The quantitative estimate of drug-likeness (QED) is 0.294. The molecule has 1 N–H and O–H groups in total. The van der Waals surface area contributed by atoms with Crippen molar-refractivity contribution in [1.82, 2.24) is 10.2 Å². The van der Waals surface area contributed by atoms with Crippen LogP contribution in [0.2, 0.25) is 15.1 Å². The molecule has 1 aromatic heterocycles. The van der Waals surface area contributed by atoms with Crippen molar-refractivity contribution in [3.8, 4) is 0 Å². The third kappa shape index (κ3) is 5.42. The van der Waals surface area contributed by atoms with Crippen molar-refractivity contribution in [2.75, 3.05) is 0 Å². The van der Waals surface area contributed by atoms with E-state index in [0.29, 0.717) is 33.1 Å². The van der Waals surface area contributed by atoms with Crippen molar-refractivity contribution in [1.29, 1.82) is 0 Å². The predicted octanol–water partition coefficient (Wildman–Crippen LogP) is 7.46. The van der Waals surface area contributed by atoms with Crippen molar-refractivity contribution in [2.45, 2.75) is 6.42 Å². The number of H-pyrrole nitrogens is 1. The molecular weight excluding hydrogens is 451 g/mol. The van der Waals surface area contributed by atoms with Crippen molar-refractivity contribution in [2.24, 2.45) is 9.98 Å². The Balaban J connectivity index is 1.70. The van der Waals surface area contributed by atoms with Gasteiger partial charge in [0.2, 0.25) is 0 Å². The SMILES string of the molecule is Clc1ccc(Cc2c(N=Cc3ccccc3Cl)n[nH]c2/N=C/c2ccccc2Cl)cc1. The second-order valence-corrected chi connectivity index (χ2v) is 7.99. The van der Waals surface area contributed by atoms with Crippen LogP contribution in [0.1, 0.15) is 22.3 Å². The van der Waals surface area contributed by atoms with E-state index in [0.717, 1.165) is 22.3 Å². The summed E-state index contributed by atoms with van der Waals surface area (Å²) in [6.45, 7) is 0. The highest BCUT2D eigenvalue weighted by atomic mass is 35.5. The van der Waals surface area contributed by atoms with Crippen LogP contribution in [0.5, 0.6) is 0 Å². The Morgan fingerprint density at radius 2 is 1.32 bits per heavy atom. The summed E-state index contributed by atoms with van der Waals surface area (Å²) >= 11 is 18.5. The van der Waals surface area contributed by atoms with Crippen LogP contribution in [0.15, 0.2) is 82.8 Å². The van der Waals surface area contributed by atoms with Crippen molar-refractivity contribution >= 4 is 58.9 Å². The van der Waals surface area contributed by atoms with E-state index in [1.54, 1.807) is 12.4 Å². The highest BCUT2D eigenvalue weighted by molar-refractivity contribution is 6.33. The van der Waals surface area contributed by atoms with Gasteiger partial charge in [-0.15, -0.1) is 0 Å². The first kappa shape index (κ1) is 21.3. The minimum atomic E-state index is 0.543. The molecule has 0 unspecified atom stereocenters. The molecule has 0 saturated carbocycles. The molecule has 4 nitrogen and oxygen atoms in total. The Morgan fingerprint density at radius 1 is 0.742 bits per heavy atom. The maximum Gasteiger partial charge on any atom is 0.179 e. The van der Waals surface area contributed by atoms with Crippen LogP contribution in [0.4, 0.5) is 11.6 Å². The Morgan fingerprint density at radius 3 is 1.94 bits per heavy atom. The summed E-state index contributed by atoms with van der Waals surface area (Å²) < 4.78 is 0. The molecule has 0 spiro atoms. The molecule has 7 heteroatoms. The number of nitrogens with one attached hydrogen (secondary N) is 1. The predicted molar refractivity (Wildman–Crippen MR) is 130 cm³/mol. The molecule has 0 fully saturated rings. The molecule has 0 saturated heterocycles. The van der Waals surface area contributed by atoms with Crippen molar-refractivity contribution in [3.63, 3.8) is 0 Å². The highest BCUT2D eigenvalue weighted by Crippen LogP contribution is 2.30. The van der Waals surface area contributed by atoms with Gasteiger partial charge >= 0.3 is 0 Å². The Bertz CT molecular complexity index is 1170. The molecule has 0 aliphatic carbocycles. The summed E-state index contributed by atoms with van der Waals surface area (Å²) in [7, 11) is 0. The average Bonchev–Trinajstić information content (AvgIpc) is 3.15. The van der Waals surface area contributed by atoms with Gasteiger partial charge in [0.25, 0.3) is 0 Å². The normalized spacial score (nSPS) is 11.6. The number of hydrogen-bond donors (Lipinski definition) is 1. The van der Waals surface area contributed by atoms with Crippen LogP contribution in [0, 0.1) is 0 Å². The molecule has 0 bridgehead atoms. The smallest absolute Gasteiger partial charge is 0.179 e. The molecule has 31 heavy (non-hydrogen) atoms. The van der Waals surface area contributed by atoms with E-state index in [1.807, 2.05) is 72.8 Å². The monoisotopic (exact) mass is 466 g/mol. The minimum Gasteiger partial charge on any atom is -0.259 e. The van der Waals surface area contributed by atoms with E-state index < -0.39 is 0 Å². The first-order valence-electron chi connectivity index (χ1n) is 9.49. The van der Waals surface area contributed by atoms with Crippen LogP contribution in [0.3, 0.4) is 0 Å². The zero-order chi connectivity index (χ0) is 21.6. The number of aromatic amines is 1. The molecule has 0 radical (unpaired) electrons. The second-order valence-electron chi connectivity index (χ2n) is 6.74. The first-order valence-corrected chi connectivity index (χ1v) is 10.6. The standard InChI is InChI=1S/C24H17Cl3N4/c25-19-11-9-16(10-12-19)13-20-23(28-14-17-5-1-3-7-21(17)26)30-31-24(20)29-15-18-6-2-4-8-22(18)27/h1-12,14-15H,13H2,(H,30,31)/b28-14+,29-15?. The summed E-state index contributed by atoms with van der Waals surface area (Å²) in [4.78, 5) is 9.16. The van der Waals surface area contributed by atoms with Gasteiger partial charge in [0, 0.05) is 50.6 Å². The second kappa shape index (κ2) is 9.92. The first-order chi connectivity index (χ1) is 15.1. The summed E-state index contributed by atoms with van der Waals surface area (Å²) in [5, 5.41) is 9.29. The van der Waals surface area contributed by atoms with Gasteiger partial charge < -0.3 is 0 Å². The van der Waals surface area contributed by atoms with Gasteiger partial charge in [-0.2, -0.15) is 5.10 Å². The molecule has 4 aromatic rings. The lowest BCUT2D eigenvalue weighted by Gasteiger charge is -2.03. The van der Waals surface area contributed by atoms with E-state index in [9.17, 15) is 0 Å². The van der Waals surface area contributed by atoms with Gasteiger partial charge in [-0.1, -0.05) is 83.3 Å². The molecule has 4 rings (SSSR count). The van der Waals surface area contributed by atoms with Gasteiger partial charge in [-0.25, -0.2) is 9.98 Å². The van der Waals surface area contributed by atoms with Gasteiger partial charge in [0.15, 0.2) is 11.6 Å². The number of halogens is 3. The molecule has 3 aromatic carbocycles. The molecule has 0 amide bonds. The van der Waals surface area contributed by atoms with E-state index in [1.165, 1.54) is 0 Å². The van der Waals surface area contributed by atoms with Crippen LogP contribution < -0.4 is 0 Å². The molecular formula is C24H17Cl3N4. The third-order valence-corrected chi connectivity index (χ3v) is 5.53. The maximum absolute atomic E-state index is 6.25. The third-order valence-electron chi connectivity index (χ3n) is 4.59. The number of hydrogen-bond acceptors (Lipinski definition) is 3. The van der Waals surface area contributed by atoms with Crippen LogP contribution in [-0.2, 0) is 6.42 Å². The average molecular weight is 468 g/mol. The zero-order valence-corrected chi connectivity index (χ0v) is 18.5. The maximum atomic E-state index is 6.25. The Labute approximate surface area is 195 Å². The van der Waals surface area contributed by atoms with E-state index in [-0.39, 0.29) is 0 Å². The number of benzene rings is 3. The van der Waals surface area contributed by atoms with Gasteiger partial charge in [0.1, 0.15) is 0 Å². The fourth-order valence-electron chi connectivity index (χ4n) is 2.95. The lowest BCUT2D eigenvalue weighted by molar-refractivity contribution is 1.08. The van der Waals surface area contributed by atoms with Gasteiger partial charge in [0.05, 0.1) is 0 Å². The fraction of sp³-hybridized carbons (Fsp3) is 0.0417. The van der Waals surface area contributed by atoms with E-state index in [2.05, 4.69) is 20.2 Å². The topological polar surface area (TPSA) is 53.4 Å². The number of aromatic nitrogens is 2. The van der Waals surface area contributed by atoms with E-state index >= 15 is 0 Å². The number of nitrogens with zero attached hydrogens (tertiary/aromatic N) is 3. The Kier molecular flexibility index (Phi) is 6.82. The lowest BCUT2D eigenvalue weighted by atomic mass is 10.1. The van der Waals surface area contributed by atoms with Crippen LogP contribution in [0.25, 0.3) is 0 Å². The molecule has 154 valence electrons. The molecule has 0 aliphatic heterocycles. The summed E-state index contributed by atoms with van der Waals surface area (Å²) in [6, 6.07) is 22.7. The van der Waals surface area contributed by atoms with Crippen molar-refractivity contribution in [3.05, 3.63) is 110 Å². The summed E-state index contributed by atoms with van der Waals surface area (Å²) in [6.07, 6.45) is 3.99. The van der Waals surface area contributed by atoms with Crippen LogP contribution in [-0.4, -0.2) is 22.6 Å². The molecule has 0 atom stereocenters. The zero-order valence-electron chi connectivity index (χ0n) is 16.3. The largest absolute Gasteiger partial charge is 0.259 e. The number of rotatable bonds is 6. The van der Waals surface area contributed by atoms with Crippen LogP contribution >= 0.6 is 34.8 Å². The van der Waals surface area contributed by atoms with Gasteiger partial charge in [-0.05, 0) is 29.8 Å². The highest BCUT2D eigenvalue weighted by Gasteiger charge is 2.13. The van der Waals surface area contributed by atoms with Gasteiger partial charge in [-0.3, -0.25) is 5.10 Å². The lowest BCUT2D eigenvalue weighted by Crippen LogP contribution is -1.89. The minimum absolute atomic E-state index is 0.543. The van der Waals surface area contributed by atoms with E-state index in [4.69, 9.17) is 34.8 Å². The number of aliphatic imine (C=N–C) groups is 2. The summed E-state index contributed by atoms with van der Waals surface area (Å²) in [5.41, 5.74) is 3.55. The molecule has 0 aliphatic rings.